The van der Waals surface area contributed by atoms with E-state index in [0.717, 1.165) is 5.37 Å². The van der Waals surface area contributed by atoms with E-state index < -0.39 is 0 Å². The molecule has 1 nitrogen and oxygen atoms in total. The minimum atomic E-state index is 0.755. The fourth-order valence-corrected chi connectivity index (χ4v) is 2.67. The average Bonchev–Trinajstić information content (AvgIpc) is 2.15. The topological polar surface area (TPSA) is 3.24 Å². The SMILES string of the molecule is CCCSC(C)N1CCCCC1. The fourth-order valence-electron chi connectivity index (χ4n) is 1.68. The van der Waals surface area contributed by atoms with Crippen LogP contribution in [0.1, 0.15) is 39.5 Å². The Morgan fingerprint density at radius 2 is 1.92 bits per heavy atom. The van der Waals surface area contributed by atoms with Crippen molar-refractivity contribution in [1.82, 2.24) is 4.90 Å². The molecule has 1 rings (SSSR count). The van der Waals surface area contributed by atoms with Gasteiger partial charge in [-0.2, -0.15) is 0 Å². The van der Waals surface area contributed by atoms with Crippen molar-refractivity contribution >= 4 is 11.8 Å². The highest BCUT2D eigenvalue weighted by molar-refractivity contribution is 7.99. The second kappa shape index (κ2) is 5.87. The lowest BCUT2D eigenvalue weighted by Gasteiger charge is -2.31. The standard InChI is InChI=1S/C10H21NS/c1-3-9-12-10(2)11-7-5-4-6-8-11/h10H,3-9H2,1-2H3. The van der Waals surface area contributed by atoms with Crippen LogP contribution in [0.25, 0.3) is 0 Å². The number of thioether (sulfide) groups is 1. The van der Waals surface area contributed by atoms with E-state index in [4.69, 9.17) is 0 Å². The molecular formula is C10H21NS. The van der Waals surface area contributed by atoms with Crippen LogP contribution in [0.5, 0.6) is 0 Å². The Bertz CT molecular complexity index is 110. The van der Waals surface area contributed by atoms with Gasteiger partial charge >= 0.3 is 0 Å². The number of likely N-dealkylation sites (tertiary alicyclic amines) is 1. The van der Waals surface area contributed by atoms with Crippen molar-refractivity contribution in [2.75, 3.05) is 18.8 Å². The second-order valence-electron chi connectivity index (χ2n) is 3.57. The monoisotopic (exact) mass is 187 g/mol. The zero-order valence-corrected chi connectivity index (χ0v) is 9.20. The Morgan fingerprint density at radius 1 is 1.25 bits per heavy atom. The maximum atomic E-state index is 2.63. The van der Waals surface area contributed by atoms with Crippen LogP contribution < -0.4 is 0 Å². The van der Waals surface area contributed by atoms with Gasteiger partial charge in [0.1, 0.15) is 0 Å². The quantitative estimate of drug-likeness (QED) is 0.665. The van der Waals surface area contributed by atoms with E-state index in [1.54, 1.807) is 0 Å². The first kappa shape index (κ1) is 10.4. The largest absolute Gasteiger partial charge is 0.292 e. The molecule has 72 valence electrons. The van der Waals surface area contributed by atoms with Crippen LogP contribution in [0.4, 0.5) is 0 Å². The first-order chi connectivity index (χ1) is 5.84. The zero-order chi connectivity index (χ0) is 8.81. The van der Waals surface area contributed by atoms with Gasteiger partial charge in [-0.15, -0.1) is 11.8 Å². The van der Waals surface area contributed by atoms with Crippen LogP contribution >= 0.6 is 11.8 Å². The summed E-state index contributed by atoms with van der Waals surface area (Å²) < 4.78 is 0. The van der Waals surface area contributed by atoms with Gasteiger partial charge in [0.25, 0.3) is 0 Å². The molecule has 2 heteroatoms. The molecule has 12 heavy (non-hydrogen) atoms. The molecule has 0 spiro atoms. The lowest BCUT2D eigenvalue weighted by atomic mass is 10.1. The first-order valence-corrected chi connectivity index (χ1v) is 6.25. The van der Waals surface area contributed by atoms with E-state index in [9.17, 15) is 0 Å². The third-order valence-electron chi connectivity index (χ3n) is 2.47. The van der Waals surface area contributed by atoms with Crippen molar-refractivity contribution in [3.8, 4) is 0 Å². The molecule has 1 fully saturated rings. The van der Waals surface area contributed by atoms with Crippen LogP contribution in [0.15, 0.2) is 0 Å². The minimum Gasteiger partial charge on any atom is -0.292 e. The van der Waals surface area contributed by atoms with Gasteiger partial charge in [-0.3, -0.25) is 4.90 Å². The summed E-state index contributed by atoms with van der Waals surface area (Å²) in [6.45, 7) is 7.28. The lowest BCUT2D eigenvalue weighted by Crippen LogP contribution is -2.35. The average molecular weight is 187 g/mol. The summed E-state index contributed by atoms with van der Waals surface area (Å²) in [5.74, 6) is 1.32. The number of piperidine rings is 1. The van der Waals surface area contributed by atoms with E-state index >= 15 is 0 Å². The van der Waals surface area contributed by atoms with Crippen molar-refractivity contribution in [3.63, 3.8) is 0 Å². The molecule has 1 aliphatic heterocycles. The normalized spacial score (nSPS) is 22.5. The maximum Gasteiger partial charge on any atom is 0.0528 e. The van der Waals surface area contributed by atoms with Gasteiger partial charge in [0.15, 0.2) is 0 Å². The molecule has 1 aliphatic rings. The number of hydrogen-bond donors (Lipinski definition) is 0. The van der Waals surface area contributed by atoms with Gasteiger partial charge in [-0.05, 0) is 45.0 Å². The van der Waals surface area contributed by atoms with E-state index in [2.05, 4.69) is 30.5 Å². The fraction of sp³-hybridized carbons (Fsp3) is 1.00. The second-order valence-corrected chi connectivity index (χ2v) is 4.99. The lowest BCUT2D eigenvalue weighted by molar-refractivity contribution is 0.222. The van der Waals surface area contributed by atoms with E-state index in [1.807, 2.05) is 0 Å². The smallest absolute Gasteiger partial charge is 0.0528 e. The van der Waals surface area contributed by atoms with Gasteiger partial charge in [0.2, 0.25) is 0 Å². The highest BCUT2D eigenvalue weighted by Gasteiger charge is 2.15. The van der Waals surface area contributed by atoms with E-state index in [1.165, 1.54) is 44.5 Å². The van der Waals surface area contributed by atoms with Crippen LogP contribution in [-0.4, -0.2) is 29.1 Å². The molecule has 0 aliphatic carbocycles. The van der Waals surface area contributed by atoms with Crippen LogP contribution in [-0.2, 0) is 0 Å². The number of nitrogens with zero attached hydrogens (tertiary/aromatic N) is 1. The summed E-state index contributed by atoms with van der Waals surface area (Å²) in [6, 6.07) is 0. The van der Waals surface area contributed by atoms with Crippen molar-refractivity contribution in [3.05, 3.63) is 0 Å². The van der Waals surface area contributed by atoms with Crippen molar-refractivity contribution < 1.29 is 0 Å². The first-order valence-electron chi connectivity index (χ1n) is 5.20. The molecule has 0 amide bonds. The van der Waals surface area contributed by atoms with E-state index in [-0.39, 0.29) is 0 Å². The van der Waals surface area contributed by atoms with Crippen LogP contribution in [0.2, 0.25) is 0 Å². The Labute approximate surface area is 80.9 Å². The predicted octanol–water partition coefficient (Wildman–Crippen LogP) is 2.96. The van der Waals surface area contributed by atoms with Gasteiger partial charge in [0, 0.05) is 0 Å². The van der Waals surface area contributed by atoms with E-state index in [0.29, 0.717) is 0 Å². The molecular weight excluding hydrogens is 166 g/mol. The molecule has 0 aromatic rings. The molecule has 0 aromatic carbocycles. The minimum absolute atomic E-state index is 0.755. The van der Waals surface area contributed by atoms with Crippen LogP contribution in [0.3, 0.4) is 0 Å². The Balaban J connectivity index is 2.15. The molecule has 0 radical (unpaired) electrons. The molecule has 1 atom stereocenters. The van der Waals surface area contributed by atoms with Gasteiger partial charge in [0.05, 0.1) is 5.37 Å². The van der Waals surface area contributed by atoms with Crippen molar-refractivity contribution in [1.29, 1.82) is 0 Å². The molecule has 1 saturated heterocycles. The molecule has 0 bridgehead atoms. The summed E-state index contributed by atoms with van der Waals surface area (Å²) in [6.07, 6.45) is 5.58. The van der Waals surface area contributed by atoms with Gasteiger partial charge < -0.3 is 0 Å². The zero-order valence-electron chi connectivity index (χ0n) is 8.38. The Kier molecular flexibility index (Phi) is 5.08. The summed E-state index contributed by atoms with van der Waals surface area (Å²) in [5.41, 5.74) is 0. The third-order valence-corrected chi connectivity index (χ3v) is 3.89. The third kappa shape index (κ3) is 3.36. The maximum absolute atomic E-state index is 2.63. The molecule has 0 N–H and O–H groups in total. The Hall–Kier alpha value is 0.310. The molecule has 0 aromatic heterocycles. The summed E-state index contributed by atoms with van der Waals surface area (Å²) in [5, 5.41) is 0.755. The highest BCUT2D eigenvalue weighted by Crippen LogP contribution is 2.20. The number of hydrogen-bond acceptors (Lipinski definition) is 2. The predicted molar refractivity (Wildman–Crippen MR) is 57.6 cm³/mol. The summed E-state index contributed by atoms with van der Waals surface area (Å²) >= 11 is 2.11. The van der Waals surface area contributed by atoms with Crippen molar-refractivity contribution in [2.45, 2.75) is 44.9 Å². The molecule has 1 heterocycles. The van der Waals surface area contributed by atoms with Crippen LogP contribution in [0, 0.1) is 0 Å². The summed E-state index contributed by atoms with van der Waals surface area (Å²) in [4.78, 5) is 2.63. The molecule has 0 saturated carbocycles. The molecule has 1 unspecified atom stereocenters. The van der Waals surface area contributed by atoms with Crippen molar-refractivity contribution in [2.24, 2.45) is 0 Å². The van der Waals surface area contributed by atoms with Gasteiger partial charge in [-0.1, -0.05) is 13.3 Å². The Morgan fingerprint density at radius 3 is 2.50 bits per heavy atom. The highest BCUT2D eigenvalue weighted by atomic mass is 32.2. The number of rotatable bonds is 4. The summed E-state index contributed by atoms with van der Waals surface area (Å²) in [7, 11) is 0. The van der Waals surface area contributed by atoms with Gasteiger partial charge in [-0.25, -0.2) is 0 Å².